The number of nitrogens with one attached hydrogen (secondary N) is 1. The van der Waals surface area contributed by atoms with Crippen molar-refractivity contribution in [1.82, 2.24) is 4.98 Å². The van der Waals surface area contributed by atoms with E-state index in [4.69, 9.17) is 5.84 Å². The van der Waals surface area contributed by atoms with Gasteiger partial charge >= 0.3 is 0 Å². The smallest absolute Gasteiger partial charge is 0.139 e. The Hall–Kier alpha value is -2.07. The fourth-order valence-electron chi connectivity index (χ4n) is 1.83. The molecule has 0 aliphatic heterocycles. The number of pyridine rings is 1. The summed E-state index contributed by atoms with van der Waals surface area (Å²) in [6.45, 7) is 2.92. The molecule has 3 N–H and O–H groups in total. The predicted molar refractivity (Wildman–Crippen MR) is 75.3 cm³/mol. The highest BCUT2D eigenvalue weighted by atomic mass is 15.2. The highest BCUT2D eigenvalue weighted by Crippen LogP contribution is 2.16. The molecule has 18 heavy (non-hydrogen) atoms. The molecule has 0 bridgehead atoms. The fourth-order valence-corrected chi connectivity index (χ4v) is 1.83. The van der Waals surface area contributed by atoms with E-state index < -0.39 is 0 Å². The number of benzene rings is 1. The van der Waals surface area contributed by atoms with E-state index in [9.17, 15) is 0 Å². The Labute approximate surface area is 107 Å². The van der Waals surface area contributed by atoms with Gasteiger partial charge in [-0.1, -0.05) is 18.2 Å². The SMILES string of the molecule is Cc1cccc(N(C)Cc2ccc(NN)nc2)c1. The van der Waals surface area contributed by atoms with Crippen LogP contribution in [0.15, 0.2) is 42.6 Å². The second kappa shape index (κ2) is 5.51. The number of nitrogens with zero attached hydrogens (tertiary/aromatic N) is 2. The van der Waals surface area contributed by atoms with Gasteiger partial charge in [0.15, 0.2) is 0 Å². The molecule has 94 valence electrons. The van der Waals surface area contributed by atoms with Crippen LogP contribution in [-0.4, -0.2) is 12.0 Å². The number of nitrogens with two attached hydrogens (primary N) is 1. The van der Waals surface area contributed by atoms with Gasteiger partial charge in [-0.3, -0.25) is 0 Å². The summed E-state index contributed by atoms with van der Waals surface area (Å²) in [5, 5.41) is 0. The van der Waals surface area contributed by atoms with E-state index in [1.165, 1.54) is 11.3 Å². The summed E-state index contributed by atoms with van der Waals surface area (Å²) in [6.07, 6.45) is 1.83. The molecule has 0 unspecified atom stereocenters. The number of hydrogen-bond acceptors (Lipinski definition) is 4. The van der Waals surface area contributed by atoms with Gasteiger partial charge in [0.25, 0.3) is 0 Å². The van der Waals surface area contributed by atoms with Gasteiger partial charge < -0.3 is 10.3 Å². The minimum Gasteiger partial charge on any atom is -0.370 e. The predicted octanol–water partition coefficient (Wildman–Crippen LogP) is 2.31. The zero-order valence-corrected chi connectivity index (χ0v) is 10.7. The van der Waals surface area contributed by atoms with Crippen molar-refractivity contribution < 1.29 is 0 Å². The number of anilines is 2. The zero-order valence-electron chi connectivity index (χ0n) is 10.7. The Kier molecular flexibility index (Phi) is 3.79. The highest BCUT2D eigenvalue weighted by Gasteiger charge is 2.02. The van der Waals surface area contributed by atoms with E-state index >= 15 is 0 Å². The lowest BCUT2D eigenvalue weighted by atomic mass is 10.2. The van der Waals surface area contributed by atoms with E-state index in [1.807, 2.05) is 18.3 Å². The Bertz CT molecular complexity index is 507. The molecule has 0 aliphatic carbocycles. The topological polar surface area (TPSA) is 54.2 Å². The molecule has 1 aromatic carbocycles. The van der Waals surface area contributed by atoms with Gasteiger partial charge in [-0.25, -0.2) is 10.8 Å². The first-order chi connectivity index (χ1) is 8.69. The van der Waals surface area contributed by atoms with Gasteiger partial charge in [0, 0.05) is 25.5 Å². The summed E-state index contributed by atoms with van der Waals surface area (Å²) in [4.78, 5) is 6.39. The van der Waals surface area contributed by atoms with Gasteiger partial charge in [-0.15, -0.1) is 0 Å². The van der Waals surface area contributed by atoms with E-state index in [-0.39, 0.29) is 0 Å². The second-order valence-corrected chi connectivity index (χ2v) is 4.39. The third kappa shape index (κ3) is 2.99. The van der Waals surface area contributed by atoms with Crippen LogP contribution in [0.25, 0.3) is 0 Å². The monoisotopic (exact) mass is 242 g/mol. The molecule has 2 rings (SSSR count). The Morgan fingerprint density at radius 2 is 2.11 bits per heavy atom. The van der Waals surface area contributed by atoms with Crippen molar-refractivity contribution in [3.63, 3.8) is 0 Å². The van der Waals surface area contributed by atoms with E-state index in [0.29, 0.717) is 5.82 Å². The maximum atomic E-state index is 5.29. The molecule has 0 aliphatic rings. The maximum absolute atomic E-state index is 5.29. The average Bonchev–Trinajstić information content (AvgIpc) is 2.39. The number of hydrazine groups is 1. The molecule has 0 spiro atoms. The summed E-state index contributed by atoms with van der Waals surface area (Å²) in [5.41, 5.74) is 6.14. The van der Waals surface area contributed by atoms with Crippen molar-refractivity contribution in [2.24, 2.45) is 5.84 Å². The molecule has 0 saturated carbocycles. The highest BCUT2D eigenvalue weighted by molar-refractivity contribution is 5.48. The van der Waals surface area contributed by atoms with Crippen molar-refractivity contribution >= 4 is 11.5 Å². The van der Waals surface area contributed by atoms with Crippen molar-refractivity contribution in [2.75, 3.05) is 17.4 Å². The van der Waals surface area contributed by atoms with Crippen molar-refractivity contribution in [3.8, 4) is 0 Å². The molecule has 0 fully saturated rings. The lowest BCUT2D eigenvalue weighted by Gasteiger charge is -2.19. The summed E-state index contributed by atoms with van der Waals surface area (Å²) >= 11 is 0. The molecule has 2 aromatic rings. The van der Waals surface area contributed by atoms with Crippen LogP contribution in [0.5, 0.6) is 0 Å². The van der Waals surface area contributed by atoms with Gasteiger partial charge in [0.1, 0.15) is 5.82 Å². The van der Waals surface area contributed by atoms with Crippen LogP contribution >= 0.6 is 0 Å². The minimum absolute atomic E-state index is 0.678. The number of hydrogen-bond donors (Lipinski definition) is 2. The number of rotatable bonds is 4. The van der Waals surface area contributed by atoms with Crippen LogP contribution < -0.4 is 16.2 Å². The number of nitrogen functional groups attached to an aromatic ring is 1. The first-order valence-electron chi connectivity index (χ1n) is 5.88. The van der Waals surface area contributed by atoms with E-state index in [0.717, 1.165) is 12.1 Å². The van der Waals surface area contributed by atoms with Crippen LogP contribution in [-0.2, 0) is 6.54 Å². The Morgan fingerprint density at radius 3 is 2.72 bits per heavy atom. The second-order valence-electron chi connectivity index (χ2n) is 4.39. The molecule has 4 nitrogen and oxygen atoms in total. The summed E-state index contributed by atoms with van der Waals surface area (Å²) < 4.78 is 0. The molecular weight excluding hydrogens is 224 g/mol. The molecule has 0 amide bonds. The van der Waals surface area contributed by atoms with Crippen molar-refractivity contribution in [3.05, 3.63) is 53.7 Å². The third-order valence-electron chi connectivity index (χ3n) is 2.83. The van der Waals surface area contributed by atoms with Crippen LogP contribution in [0.1, 0.15) is 11.1 Å². The summed E-state index contributed by atoms with van der Waals surface area (Å²) in [7, 11) is 2.07. The average molecular weight is 242 g/mol. The van der Waals surface area contributed by atoms with Crippen LogP contribution in [0.2, 0.25) is 0 Å². The van der Waals surface area contributed by atoms with Crippen molar-refractivity contribution in [2.45, 2.75) is 13.5 Å². The molecule has 0 radical (unpaired) electrons. The Morgan fingerprint density at radius 1 is 1.28 bits per heavy atom. The van der Waals surface area contributed by atoms with Crippen LogP contribution in [0, 0.1) is 6.92 Å². The summed E-state index contributed by atoms with van der Waals surface area (Å²) in [5.74, 6) is 5.96. The minimum atomic E-state index is 0.678. The van der Waals surface area contributed by atoms with E-state index in [2.05, 4.69) is 53.5 Å². The van der Waals surface area contributed by atoms with Gasteiger partial charge in [0.05, 0.1) is 0 Å². The standard InChI is InChI=1S/C14H18N4/c1-11-4-3-5-13(8-11)18(2)10-12-6-7-14(17-15)16-9-12/h3-9H,10,15H2,1-2H3,(H,16,17). The molecule has 0 saturated heterocycles. The Balaban J connectivity index is 2.08. The first kappa shape index (κ1) is 12.4. The lowest BCUT2D eigenvalue weighted by Crippen LogP contribution is -2.16. The normalized spacial score (nSPS) is 10.2. The summed E-state index contributed by atoms with van der Waals surface area (Å²) in [6, 6.07) is 12.3. The quantitative estimate of drug-likeness (QED) is 0.638. The molecule has 1 aromatic heterocycles. The number of aryl methyl sites for hydroxylation is 1. The van der Waals surface area contributed by atoms with Crippen LogP contribution in [0.3, 0.4) is 0 Å². The largest absolute Gasteiger partial charge is 0.370 e. The van der Waals surface area contributed by atoms with Gasteiger partial charge in [-0.05, 0) is 36.2 Å². The zero-order chi connectivity index (χ0) is 13.0. The van der Waals surface area contributed by atoms with Crippen molar-refractivity contribution in [1.29, 1.82) is 0 Å². The first-order valence-corrected chi connectivity index (χ1v) is 5.88. The molecule has 1 heterocycles. The van der Waals surface area contributed by atoms with Gasteiger partial charge in [-0.2, -0.15) is 0 Å². The fraction of sp³-hybridized carbons (Fsp3) is 0.214. The molecule has 4 heteroatoms. The lowest BCUT2D eigenvalue weighted by molar-refractivity contribution is 0.914. The van der Waals surface area contributed by atoms with E-state index in [1.54, 1.807) is 0 Å². The molecule has 0 atom stereocenters. The van der Waals surface area contributed by atoms with Crippen LogP contribution in [0.4, 0.5) is 11.5 Å². The number of aromatic nitrogens is 1. The molecular formula is C14H18N4. The van der Waals surface area contributed by atoms with Gasteiger partial charge in [0.2, 0.25) is 0 Å². The maximum Gasteiger partial charge on any atom is 0.139 e. The third-order valence-corrected chi connectivity index (χ3v) is 2.83.